The van der Waals surface area contributed by atoms with Crippen molar-refractivity contribution in [2.24, 2.45) is 5.41 Å². The van der Waals surface area contributed by atoms with Crippen LogP contribution in [0.2, 0.25) is 0 Å². The molecule has 1 saturated heterocycles. The van der Waals surface area contributed by atoms with E-state index in [0.29, 0.717) is 23.4 Å². The van der Waals surface area contributed by atoms with E-state index in [9.17, 15) is 27.9 Å². The first-order valence-corrected chi connectivity index (χ1v) is 13.1. The molecule has 1 fully saturated rings. The summed E-state index contributed by atoms with van der Waals surface area (Å²) >= 11 is 0. The maximum atomic E-state index is 15.1. The average Bonchev–Trinajstić information content (AvgIpc) is 2.94. The molecule has 216 valence electrons. The zero-order valence-electron chi connectivity index (χ0n) is 22.3. The molecular formula is C30H28F4N2O5. The van der Waals surface area contributed by atoms with Crippen molar-refractivity contribution in [2.45, 2.75) is 32.2 Å². The summed E-state index contributed by atoms with van der Waals surface area (Å²) in [5, 5.41) is 10.1. The first kappa shape index (κ1) is 28.3. The zero-order chi connectivity index (χ0) is 29.3. The second kappa shape index (κ2) is 11.3. The van der Waals surface area contributed by atoms with Gasteiger partial charge >= 0.3 is 5.97 Å². The Hall–Kier alpha value is -4.28. The fourth-order valence-corrected chi connectivity index (χ4v) is 5.46. The lowest BCUT2D eigenvalue weighted by Gasteiger charge is -2.40. The van der Waals surface area contributed by atoms with Crippen LogP contribution in [0.15, 0.2) is 48.5 Å². The number of hydrogen-bond donors (Lipinski definition) is 1. The highest BCUT2D eigenvalue weighted by Crippen LogP contribution is 2.41. The molecule has 0 saturated carbocycles. The van der Waals surface area contributed by atoms with E-state index in [1.54, 1.807) is 31.4 Å². The smallest absolute Gasteiger partial charge is 0.313 e. The highest BCUT2D eigenvalue weighted by molar-refractivity contribution is 5.97. The molecule has 41 heavy (non-hydrogen) atoms. The Labute approximate surface area is 233 Å². The molecule has 0 unspecified atom stereocenters. The van der Waals surface area contributed by atoms with Crippen LogP contribution in [-0.4, -0.2) is 43.8 Å². The van der Waals surface area contributed by atoms with Crippen molar-refractivity contribution in [1.29, 1.82) is 0 Å². The van der Waals surface area contributed by atoms with E-state index >= 15 is 4.39 Å². The monoisotopic (exact) mass is 572 g/mol. The summed E-state index contributed by atoms with van der Waals surface area (Å²) in [5.41, 5.74) is -0.454. The Bertz CT molecular complexity index is 1450. The second-order valence-electron chi connectivity index (χ2n) is 10.3. The summed E-state index contributed by atoms with van der Waals surface area (Å²) in [5.74, 6) is -4.23. The molecular weight excluding hydrogens is 544 g/mol. The number of methoxy groups -OCH3 is 1. The Balaban J connectivity index is 1.35. The number of carbonyl (C=O) groups is 2. The van der Waals surface area contributed by atoms with E-state index < -0.39 is 40.3 Å². The standard InChI is InChI=1S/C30H28F4N2O5/c1-40-20-4-2-18(3-5-20)16-36-26(37)9-6-21-25(8-7-22(32)27(21)36)41-17-30(29(38)39)10-12-35(13-11-30)28-23(33)14-19(31)15-24(28)34/h2-5,7-8,14-15H,6,9-13,16-17H2,1H3,(H,38,39). The Kier molecular flexibility index (Phi) is 7.79. The molecule has 3 aromatic rings. The molecule has 0 bridgehead atoms. The van der Waals surface area contributed by atoms with Gasteiger partial charge in [0.1, 0.15) is 40.8 Å². The predicted octanol–water partition coefficient (Wildman–Crippen LogP) is 5.48. The molecule has 0 aromatic heterocycles. The number of amides is 1. The van der Waals surface area contributed by atoms with Crippen molar-refractivity contribution in [1.82, 2.24) is 0 Å². The minimum atomic E-state index is -1.38. The Morgan fingerprint density at radius 2 is 1.59 bits per heavy atom. The number of ether oxygens (including phenoxy) is 2. The molecule has 0 aliphatic carbocycles. The third-order valence-electron chi connectivity index (χ3n) is 7.83. The summed E-state index contributed by atoms with van der Waals surface area (Å²) in [4.78, 5) is 27.9. The van der Waals surface area contributed by atoms with Gasteiger partial charge in [-0.2, -0.15) is 0 Å². The fourth-order valence-electron chi connectivity index (χ4n) is 5.46. The number of benzene rings is 3. The first-order chi connectivity index (χ1) is 19.6. The molecule has 0 atom stereocenters. The lowest BCUT2D eigenvalue weighted by molar-refractivity contribution is -0.152. The Morgan fingerprint density at radius 3 is 2.20 bits per heavy atom. The van der Waals surface area contributed by atoms with E-state index in [-0.39, 0.29) is 69.3 Å². The third kappa shape index (κ3) is 5.53. The van der Waals surface area contributed by atoms with Crippen LogP contribution in [0.4, 0.5) is 28.9 Å². The van der Waals surface area contributed by atoms with Crippen LogP contribution in [0.25, 0.3) is 0 Å². The highest BCUT2D eigenvalue weighted by atomic mass is 19.1. The van der Waals surface area contributed by atoms with E-state index in [1.165, 1.54) is 21.9 Å². The van der Waals surface area contributed by atoms with Gasteiger partial charge in [-0.3, -0.25) is 9.59 Å². The van der Waals surface area contributed by atoms with Crippen LogP contribution in [0.1, 0.15) is 30.4 Å². The fraction of sp³-hybridized carbons (Fsp3) is 0.333. The molecule has 11 heteroatoms. The molecule has 2 aliphatic heterocycles. The first-order valence-electron chi connectivity index (χ1n) is 13.1. The molecule has 1 N–H and O–H groups in total. The lowest BCUT2D eigenvalue weighted by Crippen LogP contribution is -2.48. The third-order valence-corrected chi connectivity index (χ3v) is 7.83. The summed E-state index contributed by atoms with van der Waals surface area (Å²) in [6.07, 6.45) is 0.349. The van der Waals surface area contributed by atoms with Crippen LogP contribution in [0, 0.1) is 28.7 Å². The number of piperidine rings is 1. The topological polar surface area (TPSA) is 79.3 Å². The van der Waals surface area contributed by atoms with Crippen molar-refractivity contribution in [3.05, 3.63) is 82.9 Å². The summed E-state index contributed by atoms with van der Waals surface area (Å²) in [6.45, 7) is -0.141. The largest absolute Gasteiger partial charge is 0.497 e. The number of hydrogen-bond acceptors (Lipinski definition) is 5. The molecule has 3 aromatic carbocycles. The van der Waals surface area contributed by atoms with Crippen LogP contribution in [-0.2, 0) is 22.6 Å². The molecule has 0 radical (unpaired) electrons. The highest BCUT2D eigenvalue weighted by Gasteiger charge is 2.44. The lowest BCUT2D eigenvalue weighted by atomic mass is 9.79. The van der Waals surface area contributed by atoms with E-state index in [4.69, 9.17) is 9.47 Å². The van der Waals surface area contributed by atoms with Crippen molar-refractivity contribution in [3.8, 4) is 11.5 Å². The molecule has 2 aliphatic rings. The maximum absolute atomic E-state index is 15.1. The number of carboxylic acid groups (broad SMARTS) is 1. The van der Waals surface area contributed by atoms with Crippen LogP contribution in [0.5, 0.6) is 11.5 Å². The molecule has 0 spiro atoms. The van der Waals surface area contributed by atoms with Gasteiger partial charge in [0.2, 0.25) is 5.91 Å². The number of aliphatic carboxylic acids is 1. The van der Waals surface area contributed by atoms with Gasteiger partial charge in [-0.15, -0.1) is 0 Å². The predicted molar refractivity (Wildman–Crippen MR) is 142 cm³/mol. The minimum absolute atomic E-state index is 0.000792. The number of rotatable bonds is 8. The summed E-state index contributed by atoms with van der Waals surface area (Å²) in [7, 11) is 1.54. The minimum Gasteiger partial charge on any atom is -0.497 e. The zero-order valence-corrected chi connectivity index (χ0v) is 22.3. The van der Waals surface area contributed by atoms with Crippen LogP contribution >= 0.6 is 0 Å². The normalized spacial score (nSPS) is 16.4. The Morgan fingerprint density at radius 1 is 0.927 bits per heavy atom. The number of halogens is 4. The van der Waals surface area contributed by atoms with Gasteiger partial charge in [-0.25, -0.2) is 17.6 Å². The van der Waals surface area contributed by atoms with Crippen molar-refractivity contribution in [2.75, 3.05) is 36.6 Å². The van der Waals surface area contributed by atoms with Crippen LogP contribution in [0.3, 0.4) is 0 Å². The number of anilines is 2. The van der Waals surface area contributed by atoms with Crippen LogP contribution < -0.4 is 19.3 Å². The molecule has 5 rings (SSSR count). The summed E-state index contributed by atoms with van der Waals surface area (Å²) < 4.78 is 68.3. The van der Waals surface area contributed by atoms with E-state index in [1.807, 2.05) is 0 Å². The molecule has 7 nitrogen and oxygen atoms in total. The number of fused-ring (bicyclic) bond motifs is 1. The number of carboxylic acids is 1. The van der Waals surface area contributed by atoms with Crippen molar-refractivity contribution in [3.63, 3.8) is 0 Å². The SMILES string of the molecule is COc1ccc(CN2C(=O)CCc3c(OCC4(C(=O)O)CCN(c5c(F)cc(F)cc5F)CC4)ccc(F)c32)cc1. The molecule has 1 amide bonds. The van der Waals surface area contributed by atoms with Gasteiger partial charge in [-0.05, 0) is 49.1 Å². The number of nitrogens with zero attached hydrogens (tertiary/aromatic N) is 2. The quantitative estimate of drug-likeness (QED) is 0.360. The average molecular weight is 573 g/mol. The van der Waals surface area contributed by atoms with Gasteiger partial charge < -0.3 is 24.4 Å². The van der Waals surface area contributed by atoms with Crippen molar-refractivity contribution >= 4 is 23.3 Å². The molecule has 2 heterocycles. The maximum Gasteiger partial charge on any atom is 0.313 e. The van der Waals surface area contributed by atoms with Gasteiger partial charge in [0, 0.05) is 37.2 Å². The van der Waals surface area contributed by atoms with E-state index in [0.717, 1.165) is 5.56 Å². The van der Waals surface area contributed by atoms with Gasteiger partial charge in [-0.1, -0.05) is 12.1 Å². The number of carbonyl (C=O) groups excluding carboxylic acids is 1. The van der Waals surface area contributed by atoms with Gasteiger partial charge in [0.15, 0.2) is 11.6 Å². The van der Waals surface area contributed by atoms with Gasteiger partial charge in [0.05, 0.1) is 19.3 Å². The van der Waals surface area contributed by atoms with E-state index in [2.05, 4.69) is 0 Å². The van der Waals surface area contributed by atoms with Crippen molar-refractivity contribution < 1.29 is 41.7 Å². The second-order valence-corrected chi connectivity index (χ2v) is 10.3. The van der Waals surface area contributed by atoms with Gasteiger partial charge in [0.25, 0.3) is 0 Å². The summed E-state index contributed by atoms with van der Waals surface area (Å²) in [6, 6.07) is 10.8.